The highest BCUT2D eigenvalue weighted by atomic mass is 35.5. The highest BCUT2D eigenvalue weighted by Gasteiger charge is 2.36. The molecule has 0 N–H and O–H groups in total. The number of nitrogens with zero attached hydrogens (tertiary/aromatic N) is 1. The molecule has 1 fully saturated rings. The molecule has 3 nitrogen and oxygen atoms in total. The molecule has 0 aromatic carbocycles. The fourth-order valence-corrected chi connectivity index (χ4v) is 2.49. The average molecular weight is 214 g/mol. The van der Waals surface area contributed by atoms with Crippen LogP contribution < -0.4 is 0 Å². The van der Waals surface area contributed by atoms with E-state index in [1.54, 1.807) is 0 Å². The molecule has 76 valence electrons. The van der Waals surface area contributed by atoms with Crippen molar-refractivity contribution in [2.24, 2.45) is 0 Å². The lowest BCUT2D eigenvalue weighted by Gasteiger charge is -2.33. The van der Waals surface area contributed by atoms with Gasteiger partial charge in [0.1, 0.15) is 0 Å². The van der Waals surface area contributed by atoms with E-state index in [1.165, 1.54) is 17.1 Å². The first-order valence-corrected chi connectivity index (χ1v) is 5.33. The highest BCUT2D eigenvalue weighted by Crippen LogP contribution is 2.28. The fourth-order valence-electron chi connectivity index (χ4n) is 2.10. The molecule has 2 atom stereocenters. The van der Waals surface area contributed by atoms with Gasteiger partial charge in [0.2, 0.25) is 0 Å². The van der Waals surface area contributed by atoms with Gasteiger partial charge in [0.05, 0.1) is 11.4 Å². The summed E-state index contributed by atoms with van der Waals surface area (Å²) in [7, 11) is 0. The Morgan fingerprint density at radius 2 is 1.71 bits per heavy atom. The number of carbonyl (C=O) groups is 2. The summed E-state index contributed by atoms with van der Waals surface area (Å²) in [6.07, 6.45) is 6.51. The molecular formula is C10H12ClNO2. The van der Waals surface area contributed by atoms with E-state index in [1.807, 2.05) is 0 Å². The van der Waals surface area contributed by atoms with E-state index in [-0.39, 0.29) is 23.2 Å². The van der Waals surface area contributed by atoms with Crippen LogP contribution in [-0.4, -0.2) is 28.1 Å². The summed E-state index contributed by atoms with van der Waals surface area (Å²) in [5.41, 5.74) is 0. The van der Waals surface area contributed by atoms with Crippen LogP contribution in [0.25, 0.3) is 0 Å². The summed E-state index contributed by atoms with van der Waals surface area (Å²) in [4.78, 5) is 24.1. The SMILES string of the molecule is O=C1C=CC(=O)N1C1CCCCC1Cl. The number of hydrogen-bond acceptors (Lipinski definition) is 2. The van der Waals surface area contributed by atoms with Gasteiger partial charge in [-0.3, -0.25) is 14.5 Å². The third-order valence-electron chi connectivity index (χ3n) is 2.82. The molecule has 0 bridgehead atoms. The van der Waals surface area contributed by atoms with E-state index in [4.69, 9.17) is 11.6 Å². The molecule has 1 aliphatic carbocycles. The summed E-state index contributed by atoms with van der Waals surface area (Å²) in [5.74, 6) is -0.430. The molecule has 0 aromatic heterocycles. The van der Waals surface area contributed by atoms with Crippen LogP contribution in [0, 0.1) is 0 Å². The molecule has 0 radical (unpaired) electrons. The van der Waals surface area contributed by atoms with E-state index >= 15 is 0 Å². The molecule has 2 rings (SSSR count). The van der Waals surface area contributed by atoms with Crippen molar-refractivity contribution in [1.29, 1.82) is 0 Å². The van der Waals surface area contributed by atoms with Crippen molar-refractivity contribution in [2.75, 3.05) is 0 Å². The molecule has 14 heavy (non-hydrogen) atoms. The standard InChI is InChI=1S/C10H12ClNO2/c11-7-3-1-2-4-8(7)12-9(13)5-6-10(12)14/h5-8H,1-4H2. The molecule has 1 aliphatic heterocycles. The van der Waals surface area contributed by atoms with Crippen molar-refractivity contribution in [3.8, 4) is 0 Å². The quantitative estimate of drug-likeness (QED) is 0.489. The van der Waals surface area contributed by atoms with Crippen LogP contribution in [0.3, 0.4) is 0 Å². The van der Waals surface area contributed by atoms with Crippen LogP contribution in [0.4, 0.5) is 0 Å². The maximum absolute atomic E-state index is 11.4. The molecule has 0 saturated heterocycles. The topological polar surface area (TPSA) is 37.4 Å². The Balaban J connectivity index is 2.13. The first kappa shape index (κ1) is 9.71. The van der Waals surface area contributed by atoms with Gasteiger partial charge in [-0.15, -0.1) is 11.6 Å². The number of alkyl halides is 1. The van der Waals surface area contributed by atoms with E-state index in [0.717, 1.165) is 25.7 Å². The normalized spacial score (nSPS) is 32.8. The summed E-state index contributed by atoms with van der Waals surface area (Å²) in [6.45, 7) is 0. The fraction of sp³-hybridized carbons (Fsp3) is 0.600. The number of amides is 2. The van der Waals surface area contributed by atoms with E-state index < -0.39 is 0 Å². The lowest BCUT2D eigenvalue weighted by molar-refractivity contribution is -0.140. The van der Waals surface area contributed by atoms with Crippen molar-refractivity contribution in [3.05, 3.63) is 12.2 Å². The van der Waals surface area contributed by atoms with Gasteiger partial charge in [-0.2, -0.15) is 0 Å². The van der Waals surface area contributed by atoms with Gasteiger partial charge < -0.3 is 0 Å². The van der Waals surface area contributed by atoms with Crippen molar-refractivity contribution >= 4 is 23.4 Å². The van der Waals surface area contributed by atoms with Gasteiger partial charge in [-0.25, -0.2) is 0 Å². The van der Waals surface area contributed by atoms with Crippen LogP contribution in [0.15, 0.2) is 12.2 Å². The van der Waals surface area contributed by atoms with Gasteiger partial charge in [0, 0.05) is 12.2 Å². The van der Waals surface area contributed by atoms with Crippen LogP contribution in [0.1, 0.15) is 25.7 Å². The summed E-state index contributed by atoms with van der Waals surface area (Å²) in [6, 6.07) is -0.0968. The average Bonchev–Trinajstić information content (AvgIpc) is 2.48. The van der Waals surface area contributed by atoms with Gasteiger partial charge >= 0.3 is 0 Å². The van der Waals surface area contributed by atoms with Gasteiger partial charge in [0.25, 0.3) is 11.8 Å². The minimum Gasteiger partial charge on any atom is -0.271 e. The molecule has 0 spiro atoms. The van der Waals surface area contributed by atoms with Crippen LogP contribution in [0.5, 0.6) is 0 Å². The minimum atomic E-state index is -0.215. The zero-order chi connectivity index (χ0) is 10.1. The predicted octanol–water partition coefficient (Wildman–Crippen LogP) is 1.46. The Morgan fingerprint density at radius 3 is 2.29 bits per heavy atom. The monoisotopic (exact) mass is 213 g/mol. The lowest BCUT2D eigenvalue weighted by Crippen LogP contribution is -2.46. The molecule has 4 heteroatoms. The maximum atomic E-state index is 11.4. The first-order valence-electron chi connectivity index (χ1n) is 4.89. The molecule has 1 heterocycles. The molecule has 2 aliphatic rings. The number of rotatable bonds is 1. The number of halogens is 1. The second-order valence-electron chi connectivity index (χ2n) is 3.75. The highest BCUT2D eigenvalue weighted by molar-refractivity contribution is 6.22. The third kappa shape index (κ3) is 1.57. The number of imide groups is 1. The first-order chi connectivity index (χ1) is 6.70. The Morgan fingerprint density at radius 1 is 1.14 bits per heavy atom. The zero-order valence-electron chi connectivity index (χ0n) is 7.78. The largest absolute Gasteiger partial charge is 0.271 e. The minimum absolute atomic E-state index is 0.0726. The van der Waals surface area contributed by atoms with Crippen molar-refractivity contribution in [3.63, 3.8) is 0 Å². The predicted molar refractivity (Wildman–Crippen MR) is 52.9 cm³/mol. The molecule has 0 aromatic rings. The summed E-state index contributed by atoms with van der Waals surface area (Å²) in [5, 5.41) is -0.0726. The second kappa shape index (κ2) is 3.73. The third-order valence-corrected chi connectivity index (χ3v) is 3.33. The summed E-state index contributed by atoms with van der Waals surface area (Å²) >= 11 is 6.12. The summed E-state index contributed by atoms with van der Waals surface area (Å²) < 4.78 is 0. The molecule has 2 amide bonds. The van der Waals surface area contributed by atoms with E-state index in [9.17, 15) is 9.59 Å². The Bertz CT molecular complexity index is 282. The Hall–Kier alpha value is -0.830. The van der Waals surface area contributed by atoms with Crippen LogP contribution >= 0.6 is 11.6 Å². The smallest absolute Gasteiger partial charge is 0.253 e. The van der Waals surface area contributed by atoms with E-state index in [0.29, 0.717) is 0 Å². The van der Waals surface area contributed by atoms with Crippen molar-refractivity contribution in [1.82, 2.24) is 4.90 Å². The van der Waals surface area contributed by atoms with Gasteiger partial charge in [-0.05, 0) is 12.8 Å². The Labute approximate surface area is 87.7 Å². The van der Waals surface area contributed by atoms with Crippen molar-refractivity contribution in [2.45, 2.75) is 37.1 Å². The molecule has 1 saturated carbocycles. The van der Waals surface area contributed by atoms with Crippen LogP contribution in [-0.2, 0) is 9.59 Å². The number of carbonyl (C=O) groups excluding carboxylic acids is 2. The van der Waals surface area contributed by atoms with Crippen molar-refractivity contribution < 1.29 is 9.59 Å². The Kier molecular flexibility index (Phi) is 2.59. The van der Waals surface area contributed by atoms with Gasteiger partial charge in [0.15, 0.2) is 0 Å². The lowest BCUT2D eigenvalue weighted by atomic mass is 9.94. The number of hydrogen-bond donors (Lipinski definition) is 0. The molecule has 2 unspecified atom stereocenters. The van der Waals surface area contributed by atoms with Crippen LogP contribution in [0.2, 0.25) is 0 Å². The van der Waals surface area contributed by atoms with Gasteiger partial charge in [-0.1, -0.05) is 12.8 Å². The molecular weight excluding hydrogens is 202 g/mol. The van der Waals surface area contributed by atoms with E-state index in [2.05, 4.69) is 0 Å². The zero-order valence-corrected chi connectivity index (χ0v) is 8.54. The second-order valence-corrected chi connectivity index (χ2v) is 4.31. The maximum Gasteiger partial charge on any atom is 0.253 e.